The van der Waals surface area contributed by atoms with E-state index in [0.717, 1.165) is 12.8 Å². The first-order chi connectivity index (χ1) is 7.30. The van der Waals surface area contributed by atoms with Crippen LogP contribution in [0.25, 0.3) is 0 Å². The van der Waals surface area contributed by atoms with Gasteiger partial charge in [0.25, 0.3) is 0 Å². The van der Waals surface area contributed by atoms with Crippen LogP contribution in [-0.2, 0) is 12.8 Å². The molecule has 1 aromatic rings. The molecule has 0 saturated heterocycles. The number of hydrogen-bond acceptors (Lipinski definition) is 3. The van der Waals surface area contributed by atoms with Gasteiger partial charge in [-0.2, -0.15) is 0 Å². The van der Waals surface area contributed by atoms with Crippen molar-refractivity contribution in [3.8, 4) is 0 Å². The molecule has 1 rings (SSSR count). The van der Waals surface area contributed by atoms with Gasteiger partial charge >= 0.3 is 0 Å². The molecule has 1 unspecified atom stereocenters. The van der Waals surface area contributed by atoms with E-state index in [1.54, 1.807) is 0 Å². The van der Waals surface area contributed by atoms with Crippen molar-refractivity contribution in [1.82, 2.24) is 0 Å². The largest absolute Gasteiger partial charge is 0.396 e. The highest BCUT2D eigenvalue weighted by molar-refractivity contribution is 7.11. The van der Waals surface area contributed by atoms with Crippen molar-refractivity contribution in [2.75, 3.05) is 13.2 Å². The lowest BCUT2D eigenvalue weighted by Gasteiger charge is -2.09. The Hall–Kier alpha value is -0.380. The third-order valence-electron chi connectivity index (χ3n) is 2.60. The zero-order chi connectivity index (χ0) is 11.1. The molecule has 0 fully saturated rings. The molecule has 1 aromatic heterocycles. The minimum absolute atomic E-state index is 0.212. The summed E-state index contributed by atoms with van der Waals surface area (Å²) in [6, 6.07) is 4.43. The summed E-state index contributed by atoms with van der Waals surface area (Å²) in [5, 5.41) is 9.02. The number of thiophene rings is 1. The highest BCUT2D eigenvalue weighted by Crippen LogP contribution is 2.20. The fourth-order valence-electron chi connectivity index (χ4n) is 1.57. The number of hydrogen-bond donors (Lipinski definition) is 2. The Morgan fingerprint density at radius 3 is 2.53 bits per heavy atom. The summed E-state index contributed by atoms with van der Waals surface area (Å²) in [4.78, 5) is 2.89. The summed E-state index contributed by atoms with van der Waals surface area (Å²) >= 11 is 1.90. The molecule has 15 heavy (non-hydrogen) atoms. The predicted molar refractivity (Wildman–Crippen MR) is 66.3 cm³/mol. The first kappa shape index (κ1) is 12.7. The van der Waals surface area contributed by atoms with Crippen LogP contribution in [0.4, 0.5) is 0 Å². The van der Waals surface area contributed by atoms with Gasteiger partial charge in [0, 0.05) is 16.4 Å². The quantitative estimate of drug-likeness (QED) is 0.750. The topological polar surface area (TPSA) is 46.2 Å². The minimum Gasteiger partial charge on any atom is -0.396 e. The molecular weight excluding hydrogens is 206 g/mol. The molecule has 3 N–H and O–H groups in total. The van der Waals surface area contributed by atoms with Gasteiger partial charge in [0.15, 0.2) is 0 Å². The van der Waals surface area contributed by atoms with Gasteiger partial charge in [0.2, 0.25) is 0 Å². The fraction of sp³-hybridized carbons (Fsp3) is 0.667. The van der Waals surface area contributed by atoms with Gasteiger partial charge in [-0.05, 0) is 43.9 Å². The first-order valence-corrected chi connectivity index (χ1v) is 6.50. The van der Waals surface area contributed by atoms with Crippen LogP contribution in [-0.4, -0.2) is 18.3 Å². The van der Waals surface area contributed by atoms with Gasteiger partial charge in [0.1, 0.15) is 0 Å². The lowest BCUT2D eigenvalue weighted by molar-refractivity contribution is 0.223. The van der Waals surface area contributed by atoms with E-state index in [-0.39, 0.29) is 12.5 Å². The van der Waals surface area contributed by atoms with E-state index in [4.69, 9.17) is 10.8 Å². The van der Waals surface area contributed by atoms with Crippen molar-refractivity contribution in [1.29, 1.82) is 0 Å². The van der Waals surface area contributed by atoms with Crippen LogP contribution in [0.5, 0.6) is 0 Å². The lowest BCUT2D eigenvalue weighted by atomic mass is 10.0. The molecule has 2 nitrogen and oxygen atoms in total. The Bertz CT molecular complexity index is 268. The molecule has 0 radical (unpaired) electrons. The zero-order valence-electron chi connectivity index (χ0n) is 9.41. The minimum atomic E-state index is 0.212. The number of aliphatic hydroxyl groups excluding tert-OH is 1. The van der Waals surface area contributed by atoms with Gasteiger partial charge in [-0.1, -0.05) is 13.3 Å². The molecule has 1 atom stereocenters. The highest BCUT2D eigenvalue weighted by atomic mass is 32.1. The molecule has 0 aliphatic carbocycles. The Kier molecular flexibility index (Phi) is 5.91. The summed E-state index contributed by atoms with van der Waals surface area (Å²) < 4.78 is 0. The van der Waals surface area contributed by atoms with E-state index in [1.807, 2.05) is 11.3 Å². The van der Waals surface area contributed by atoms with E-state index in [0.29, 0.717) is 6.54 Å². The average Bonchev–Trinajstić information content (AvgIpc) is 2.68. The van der Waals surface area contributed by atoms with Gasteiger partial charge in [-0.3, -0.25) is 0 Å². The maximum Gasteiger partial charge on any atom is 0.0471 e. The summed E-state index contributed by atoms with van der Waals surface area (Å²) in [7, 11) is 0. The second kappa shape index (κ2) is 6.99. The van der Waals surface area contributed by atoms with Gasteiger partial charge in [-0.15, -0.1) is 11.3 Å². The van der Waals surface area contributed by atoms with Crippen LogP contribution >= 0.6 is 11.3 Å². The summed E-state index contributed by atoms with van der Waals surface area (Å²) in [6.07, 6.45) is 4.45. The second-order valence-electron chi connectivity index (χ2n) is 3.94. The molecule has 3 heteroatoms. The van der Waals surface area contributed by atoms with Crippen molar-refractivity contribution < 1.29 is 5.11 Å². The van der Waals surface area contributed by atoms with Crippen LogP contribution in [0.1, 0.15) is 29.5 Å². The van der Waals surface area contributed by atoms with Crippen molar-refractivity contribution in [2.24, 2.45) is 11.7 Å². The maximum absolute atomic E-state index is 9.02. The first-order valence-electron chi connectivity index (χ1n) is 5.68. The molecule has 86 valence electrons. The Morgan fingerprint density at radius 1 is 1.33 bits per heavy atom. The molecule has 0 aromatic carbocycles. The number of nitrogens with two attached hydrogens (primary N) is 1. The molecule has 0 amide bonds. The Balaban J connectivity index is 2.36. The van der Waals surface area contributed by atoms with E-state index in [2.05, 4.69) is 19.1 Å². The smallest absolute Gasteiger partial charge is 0.0471 e. The summed E-state index contributed by atoms with van der Waals surface area (Å²) in [6.45, 7) is 3.00. The Morgan fingerprint density at radius 2 is 2.00 bits per heavy atom. The third-order valence-corrected chi connectivity index (χ3v) is 3.81. The van der Waals surface area contributed by atoms with Crippen LogP contribution < -0.4 is 5.73 Å². The standard InChI is InChI=1S/C12H21NOS/c1-2-3-11-6-7-12(15-11)5-4-10(8-13)9-14/h6-7,10,14H,2-5,8-9,13H2,1H3. The number of aliphatic hydroxyl groups is 1. The monoisotopic (exact) mass is 227 g/mol. The van der Waals surface area contributed by atoms with E-state index >= 15 is 0 Å². The zero-order valence-corrected chi connectivity index (χ0v) is 10.2. The number of aryl methyl sites for hydroxylation is 2. The Labute approximate surface area is 96.1 Å². The average molecular weight is 227 g/mol. The van der Waals surface area contributed by atoms with E-state index in [9.17, 15) is 0 Å². The van der Waals surface area contributed by atoms with E-state index in [1.165, 1.54) is 22.6 Å². The van der Waals surface area contributed by atoms with Crippen molar-refractivity contribution in [3.63, 3.8) is 0 Å². The third kappa shape index (κ3) is 4.33. The van der Waals surface area contributed by atoms with Crippen LogP contribution in [0.3, 0.4) is 0 Å². The highest BCUT2D eigenvalue weighted by Gasteiger charge is 2.06. The summed E-state index contributed by atoms with van der Waals surface area (Å²) in [5.41, 5.74) is 5.54. The van der Waals surface area contributed by atoms with Gasteiger partial charge in [-0.25, -0.2) is 0 Å². The van der Waals surface area contributed by atoms with Crippen molar-refractivity contribution >= 4 is 11.3 Å². The normalized spacial score (nSPS) is 13.0. The fourth-order valence-corrected chi connectivity index (χ4v) is 2.70. The molecule has 0 saturated carbocycles. The van der Waals surface area contributed by atoms with Crippen LogP contribution in [0.2, 0.25) is 0 Å². The predicted octanol–water partition coefficient (Wildman–Crippen LogP) is 2.20. The van der Waals surface area contributed by atoms with Gasteiger partial charge < -0.3 is 10.8 Å². The van der Waals surface area contributed by atoms with E-state index < -0.39 is 0 Å². The van der Waals surface area contributed by atoms with Crippen molar-refractivity contribution in [3.05, 3.63) is 21.9 Å². The summed E-state index contributed by atoms with van der Waals surface area (Å²) in [5.74, 6) is 0.265. The molecule has 1 heterocycles. The van der Waals surface area contributed by atoms with Gasteiger partial charge in [0.05, 0.1) is 0 Å². The lowest BCUT2D eigenvalue weighted by Crippen LogP contribution is -2.18. The molecule has 0 aliphatic rings. The second-order valence-corrected chi connectivity index (χ2v) is 5.19. The van der Waals surface area contributed by atoms with Crippen LogP contribution in [0.15, 0.2) is 12.1 Å². The van der Waals surface area contributed by atoms with Crippen LogP contribution in [0, 0.1) is 5.92 Å². The molecule has 0 bridgehead atoms. The maximum atomic E-state index is 9.02. The molecule has 0 aliphatic heterocycles. The molecular formula is C12H21NOS. The number of rotatable bonds is 7. The molecule has 0 spiro atoms. The van der Waals surface area contributed by atoms with Crippen molar-refractivity contribution in [2.45, 2.75) is 32.6 Å². The SMILES string of the molecule is CCCc1ccc(CCC(CN)CO)s1.